The molecule has 1 aromatic carbocycles. The van der Waals surface area contributed by atoms with Crippen LogP contribution in [0.5, 0.6) is 0 Å². The van der Waals surface area contributed by atoms with Gasteiger partial charge in [0, 0.05) is 41.6 Å². The monoisotopic (exact) mass is 396 g/mol. The first kappa shape index (κ1) is 15.8. The van der Waals surface area contributed by atoms with Crippen LogP contribution < -0.4 is 10.6 Å². The number of carbonyl (C=O) groups excluding carboxylic acids is 1. The highest BCUT2D eigenvalue weighted by atomic mass is 127. The molecule has 6 heteroatoms. The zero-order valence-corrected chi connectivity index (χ0v) is 14.0. The molecule has 0 aromatic heterocycles. The average molecular weight is 396 g/mol. The zero-order valence-electron chi connectivity index (χ0n) is 11.8. The average Bonchev–Trinajstić information content (AvgIpc) is 2.50. The number of aryl methyl sites for hydroxylation is 1. The second kappa shape index (κ2) is 7.43. The first-order valence-electron chi connectivity index (χ1n) is 6.75. The predicted octanol–water partition coefficient (Wildman–Crippen LogP) is 1.85. The van der Waals surface area contributed by atoms with E-state index in [0.717, 1.165) is 27.9 Å². The summed E-state index contributed by atoms with van der Waals surface area (Å²) >= 11 is 2.25. The molecule has 0 unspecified atom stereocenters. The fourth-order valence-electron chi connectivity index (χ4n) is 2.12. The second-order valence-corrected chi connectivity index (χ2v) is 6.06. The molecule has 1 aliphatic rings. The lowest BCUT2D eigenvalue weighted by atomic mass is 10.2. The minimum atomic E-state index is -0.213. The molecular weight excluding hydrogens is 379 g/mol. The van der Waals surface area contributed by atoms with Gasteiger partial charge < -0.3 is 15.5 Å². The largest absolute Gasteiger partial charge is 0.360 e. The van der Waals surface area contributed by atoms with Crippen molar-refractivity contribution in [2.45, 2.75) is 6.92 Å². The van der Waals surface area contributed by atoms with E-state index in [2.05, 4.69) is 33.2 Å². The van der Waals surface area contributed by atoms with Crippen LogP contribution in [0.1, 0.15) is 5.56 Å². The first-order valence-corrected chi connectivity index (χ1v) is 7.82. The van der Waals surface area contributed by atoms with E-state index in [1.54, 1.807) is 4.90 Å². The van der Waals surface area contributed by atoms with E-state index in [1.807, 2.05) is 31.2 Å². The van der Waals surface area contributed by atoms with Crippen LogP contribution in [0.3, 0.4) is 0 Å². The van der Waals surface area contributed by atoms with Crippen LogP contribution in [0, 0.1) is 21.8 Å². The van der Waals surface area contributed by atoms with Crippen LogP contribution in [-0.2, 0) is 4.79 Å². The standard InChI is InChI=1S/C15H17IN4O/c1-11-8-13(16)2-3-14(11)19-10-12(9-17)15(21)20-6-4-18-5-7-20/h2-3,8,10,18-19H,4-7H2,1H3/b12-10-. The molecule has 0 radical (unpaired) electrons. The molecular formula is C15H17IN4O. The number of rotatable bonds is 3. The predicted molar refractivity (Wildman–Crippen MR) is 90.7 cm³/mol. The van der Waals surface area contributed by atoms with Gasteiger partial charge in [-0.2, -0.15) is 5.26 Å². The maximum Gasteiger partial charge on any atom is 0.266 e. The molecule has 1 saturated heterocycles. The summed E-state index contributed by atoms with van der Waals surface area (Å²) in [6.45, 7) is 4.81. The maximum absolute atomic E-state index is 12.3. The first-order chi connectivity index (χ1) is 10.1. The Balaban J connectivity index is 2.09. The van der Waals surface area contributed by atoms with Crippen LogP contribution in [0.4, 0.5) is 5.69 Å². The van der Waals surface area contributed by atoms with Crippen LogP contribution in [0.25, 0.3) is 0 Å². The molecule has 1 aliphatic heterocycles. The van der Waals surface area contributed by atoms with Crippen LogP contribution in [-0.4, -0.2) is 37.0 Å². The third-order valence-corrected chi connectivity index (χ3v) is 3.99. The van der Waals surface area contributed by atoms with Crippen molar-refractivity contribution in [1.82, 2.24) is 10.2 Å². The van der Waals surface area contributed by atoms with Gasteiger partial charge in [0.05, 0.1) is 0 Å². The lowest BCUT2D eigenvalue weighted by Gasteiger charge is -2.27. The summed E-state index contributed by atoms with van der Waals surface area (Å²) in [4.78, 5) is 14.0. The van der Waals surface area contributed by atoms with Gasteiger partial charge in [-0.05, 0) is 53.3 Å². The Morgan fingerprint density at radius 2 is 2.19 bits per heavy atom. The Bertz CT molecular complexity index is 600. The number of anilines is 1. The Hall–Kier alpha value is -1.59. The third kappa shape index (κ3) is 4.19. The SMILES string of the molecule is Cc1cc(I)ccc1N/C=C(/C#N)C(=O)N1CCNCC1. The second-order valence-electron chi connectivity index (χ2n) is 4.82. The minimum Gasteiger partial charge on any atom is -0.360 e. The van der Waals surface area contributed by atoms with E-state index in [-0.39, 0.29) is 11.5 Å². The lowest BCUT2D eigenvalue weighted by molar-refractivity contribution is -0.127. The molecule has 0 saturated carbocycles. The van der Waals surface area contributed by atoms with Crippen molar-refractivity contribution in [1.29, 1.82) is 5.26 Å². The highest BCUT2D eigenvalue weighted by Gasteiger charge is 2.19. The number of nitrogens with one attached hydrogen (secondary N) is 2. The van der Waals surface area contributed by atoms with Crippen LogP contribution in [0.15, 0.2) is 30.0 Å². The molecule has 2 N–H and O–H groups in total. The van der Waals surface area contributed by atoms with Crippen molar-refractivity contribution >= 4 is 34.2 Å². The Labute approximate surface area is 138 Å². The molecule has 0 spiro atoms. The number of amides is 1. The Morgan fingerprint density at radius 1 is 1.48 bits per heavy atom. The number of carbonyl (C=O) groups is 1. The van der Waals surface area contributed by atoms with E-state index < -0.39 is 0 Å². The minimum absolute atomic E-state index is 0.134. The molecule has 0 atom stereocenters. The van der Waals surface area contributed by atoms with Crippen molar-refractivity contribution in [3.63, 3.8) is 0 Å². The summed E-state index contributed by atoms with van der Waals surface area (Å²) in [5.41, 5.74) is 2.11. The summed E-state index contributed by atoms with van der Waals surface area (Å²) in [6, 6.07) is 7.95. The van der Waals surface area contributed by atoms with Crippen molar-refractivity contribution in [2.24, 2.45) is 0 Å². The number of hydrogen-bond acceptors (Lipinski definition) is 4. The summed E-state index contributed by atoms with van der Waals surface area (Å²) in [7, 11) is 0. The molecule has 5 nitrogen and oxygen atoms in total. The van der Waals surface area contributed by atoms with Gasteiger partial charge >= 0.3 is 0 Å². The van der Waals surface area contributed by atoms with Crippen molar-refractivity contribution in [3.05, 3.63) is 39.1 Å². The number of piperazine rings is 1. The number of benzene rings is 1. The smallest absolute Gasteiger partial charge is 0.266 e. The molecule has 21 heavy (non-hydrogen) atoms. The van der Waals surface area contributed by atoms with Crippen LogP contribution in [0.2, 0.25) is 0 Å². The Morgan fingerprint density at radius 3 is 2.81 bits per heavy atom. The van der Waals surface area contributed by atoms with E-state index in [0.29, 0.717) is 13.1 Å². The topological polar surface area (TPSA) is 68.2 Å². The number of hydrogen-bond donors (Lipinski definition) is 2. The van der Waals surface area contributed by atoms with Gasteiger partial charge in [-0.25, -0.2) is 0 Å². The van der Waals surface area contributed by atoms with Crippen LogP contribution >= 0.6 is 22.6 Å². The fraction of sp³-hybridized carbons (Fsp3) is 0.333. The number of nitrogens with zero attached hydrogens (tertiary/aromatic N) is 2. The van der Waals surface area contributed by atoms with Crippen molar-refractivity contribution in [3.8, 4) is 6.07 Å². The molecule has 1 fully saturated rings. The van der Waals surface area contributed by atoms with Gasteiger partial charge in [-0.3, -0.25) is 4.79 Å². The number of nitriles is 1. The summed E-state index contributed by atoms with van der Waals surface area (Å²) in [5, 5.41) is 15.4. The van der Waals surface area contributed by atoms with Gasteiger partial charge in [0.1, 0.15) is 11.6 Å². The lowest BCUT2D eigenvalue weighted by Crippen LogP contribution is -2.46. The van der Waals surface area contributed by atoms with Crippen molar-refractivity contribution in [2.75, 3.05) is 31.5 Å². The molecule has 2 rings (SSSR count). The fourth-order valence-corrected chi connectivity index (χ4v) is 2.77. The normalized spacial score (nSPS) is 15.5. The summed E-state index contributed by atoms with van der Waals surface area (Å²) < 4.78 is 1.15. The van der Waals surface area contributed by atoms with Crippen molar-refractivity contribution < 1.29 is 4.79 Å². The van der Waals surface area contributed by atoms with E-state index in [1.165, 1.54) is 6.20 Å². The van der Waals surface area contributed by atoms with Gasteiger partial charge in [0.2, 0.25) is 0 Å². The highest BCUT2D eigenvalue weighted by Crippen LogP contribution is 2.18. The van der Waals surface area contributed by atoms with E-state index in [9.17, 15) is 10.1 Å². The van der Waals surface area contributed by atoms with Gasteiger partial charge in [0.15, 0.2) is 0 Å². The Kier molecular flexibility index (Phi) is 5.59. The summed E-state index contributed by atoms with van der Waals surface area (Å²) in [6.07, 6.45) is 1.50. The van der Waals surface area contributed by atoms with E-state index in [4.69, 9.17) is 0 Å². The molecule has 0 bridgehead atoms. The van der Waals surface area contributed by atoms with Gasteiger partial charge in [-0.15, -0.1) is 0 Å². The van der Waals surface area contributed by atoms with E-state index >= 15 is 0 Å². The zero-order chi connectivity index (χ0) is 15.2. The number of halogens is 1. The molecule has 1 amide bonds. The molecule has 1 heterocycles. The quantitative estimate of drug-likeness (QED) is 0.465. The highest BCUT2D eigenvalue weighted by molar-refractivity contribution is 14.1. The maximum atomic E-state index is 12.3. The van der Waals surface area contributed by atoms with Gasteiger partial charge in [0.25, 0.3) is 5.91 Å². The molecule has 110 valence electrons. The van der Waals surface area contributed by atoms with Gasteiger partial charge in [-0.1, -0.05) is 0 Å². The third-order valence-electron chi connectivity index (χ3n) is 3.32. The summed E-state index contributed by atoms with van der Waals surface area (Å²) in [5.74, 6) is -0.213. The molecule has 1 aromatic rings. The molecule has 0 aliphatic carbocycles.